The Bertz CT molecular complexity index is 184. The Hall–Kier alpha value is -0.770. The van der Waals surface area contributed by atoms with Gasteiger partial charge in [0.05, 0.1) is 6.10 Å². The van der Waals surface area contributed by atoms with E-state index in [0.717, 1.165) is 6.42 Å². The zero-order valence-electron chi connectivity index (χ0n) is 9.67. The minimum atomic E-state index is -0.263. The van der Waals surface area contributed by atoms with Crippen LogP contribution in [0, 0.1) is 0 Å². The molecular formula is C10H23N3O. The molecule has 0 rings (SSSR count). The fourth-order valence-electron chi connectivity index (χ4n) is 0.962. The van der Waals surface area contributed by atoms with E-state index in [1.54, 1.807) is 0 Å². The summed E-state index contributed by atoms with van der Waals surface area (Å²) in [6, 6.07) is 0. The second-order valence-electron chi connectivity index (χ2n) is 4.49. The summed E-state index contributed by atoms with van der Waals surface area (Å²) in [5, 5.41) is 12.3. The lowest BCUT2D eigenvalue weighted by atomic mass is 10.1. The highest BCUT2D eigenvalue weighted by atomic mass is 16.3. The number of hydrogen-bond acceptors (Lipinski definition) is 2. The SMILES string of the molecule is CCC(O)CCN=C(N)NC(C)(C)C. The molecule has 0 fully saturated rings. The topological polar surface area (TPSA) is 70.6 Å². The van der Waals surface area contributed by atoms with Gasteiger partial charge >= 0.3 is 0 Å². The molecule has 0 amide bonds. The number of nitrogens with one attached hydrogen (secondary N) is 1. The van der Waals surface area contributed by atoms with Gasteiger partial charge in [0.15, 0.2) is 5.96 Å². The highest BCUT2D eigenvalue weighted by Gasteiger charge is 2.09. The van der Waals surface area contributed by atoms with Crippen molar-refractivity contribution < 1.29 is 5.11 Å². The van der Waals surface area contributed by atoms with Crippen LogP contribution >= 0.6 is 0 Å². The fourth-order valence-corrected chi connectivity index (χ4v) is 0.962. The Morgan fingerprint density at radius 2 is 2.07 bits per heavy atom. The third kappa shape index (κ3) is 7.86. The molecule has 1 atom stereocenters. The molecule has 14 heavy (non-hydrogen) atoms. The van der Waals surface area contributed by atoms with Crippen LogP contribution in [0.15, 0.2) is 4.99 Å². The van der Waals surface area contributed by atoms with E-state index in [1.807, 2.05) is 27.7 Å². The van der Waals surface area contributed by atoms with E-state index in [2.05, 4.69) is 10.3 Å². The number of aliphatic imine (C=N–C) groups is 1. The van der Waals surface area contributed by atoms with Crippen molar-refractivity contribution in [3.05, 3.63) is 0 Å². The number of hydrogen-bond donors (Lipinski definition) is 3. The summed E-state index contributed by atoms with van der Waals surface area (Å²) < 4.78 is 0. The molecular weight excluding hydrogens is 178 g/mol. The number of guanidine groups is 1. The molecule has 0 aliphatic heterocycles. The highest BCUT2D eigenvalue weighted by Crippen LogP contribution is 1.98. The van der Waals surface area contributed by atoms with E-state index >= 15 is 0 Å². The standard InChI is InChI=1S/C10H23N3O/c1-5-8(14)6-7-12-9(11)13-10(2,3)4/h8,14H,5-7H2,1-4H3,(H3,11,12,13). The molecule has 0 radical (unpaired) electrons. The summed E-state index contributed by atoms with van der Waals surface area (Å²) in [7, 11) is 0. The maximum atomic E-state index is 9.27. The van der Waals surface area contributed by atoms with Crippen LogP contribution in [0.2, 0.25) is 0 Å². The van der Waals surface area contributed by atoms with E-state index in [1.165, 1.54) is 0 Å². The molecule has 0 aromatic heterocycles. The number of rotatable bonds is 4. The van der Waals surface area contributed by atoms with Crippen LogP contribution in [0.1, 0.15) is 40.5 Å². The van der Waals surface area contributed by atoms with Crippen molar-refractivity contribution in [1.82, 2.24) is 5.32 Å². The molecule has 0 spiro atoms. The lowest BCUT2D eigenvalue weighted by molar-refractivity contribution is 0.163. The molecule has 0 saturated heterocycles. The number of nitrogens with two attached hydrogens (primary N) is 1. The molecule has 4 N–H and O–H groups in total. The second kappa shape index (κ2) is 5.86. The molecule has 4 heteroatoms. The van der Waals surface area contributed by atoms with Crippen LogP contribution in [0.5, 0.6) is 0 Å². The first kappa shape index (κ1) is 13.2. The lowest BCUT2D eigenvalue weighted by Crippen LogP contribution is -2.45. The summed E-state index contributed by atoms with van der Waals surface area (Å²) in [6.45, 7) is 8.60. The minimum Gasteiger partial charge on any atom is -0.393 e. The molecule has 0 aliphatic carbocycles. The van der Waals surface area contributed by atoms with E-state index in [0.29, 0.717) is 18.9 Å². The van der Waals surface area contributed by atoms with Crippen molar-refractivity contribution in [3.8, 4) is 0 Å². The molecule has 0 heterocycles. The number of aliphatic hydroxyl groups excluding tert-OH is 1. The summed E-state index contributed by atoms with van der Waals surface area (Å²) in [5.41, 5.74) is 5.59. The van der Waals surface area contributed by atoms with Crippen molar-refractivity contribution in [2.75, 3.05) is 6.54 Å². The number of aliphatic hydroxyl groups is 1. The molecule has 0 aromatic rings. The van der Waals surface area contributed by atoms with Gasteiger partial charge in [0.1, 0.15) is 0 Å². The van der Waals surface area contributed by atoms with Crippen molar-refractivity contribution in [3.63, 3.8) is 0 Å². The van der Waals surface area contributed by atoms with Gasteiger partial charge in [0.25, 0.3) is 0 Å². The van der Waals surface area contributed by atoms with Gasteiger partial charge < -0.3 is 16.2 Å². The molecule has 0 saturated carbocycles. The van der Waals surface area contributed by atoms with Gasteiger partial charge in [0.2, 0.25) is 0 Å². The van der Waals surface area contributed by atoms with Crippen molar-refractivity contribution >= 4 is 5.96 Å². The van der Waals surface area contributed by atoms with Crippen LogP contribution < -0.4 is 11.1 Å². The summed E-state index contributed by atoms with van der Waals surface area (Å²) in [6.07, 6.45) is 1.17. The maximum Gasteiger partial charge on any atom is 0.188 e. The highest BCUT2D eigenvalue weighted by molar-refractivity contribution is 5.78. The van der Waals surface area contributed by atoms with E-state index in [-0.39, 0.29) is 11.6 Å². The molecule has 0 bridgehead atoms. The third-order valence-corrected chi connectivity index (χ3v) is 1.72. The summed E-state index contributed by atoms with van der Waals surface area (Å²) >= 11 is 0. The largest absolute Gasteiger partial charge is 0.393 e. The van der Waals surface area contributed by atoms with Crippen LogP contribution in [0.25, 0.3) is 0 Å². The van der Waals surface area contributed by atoms with Crippen LogP contribution in [-0.2, 0) is 0 Å². The molecule has 4 nitrogen and oxygen atoms in total. The van der Waals surface area contributed by atoms with Crippen molar-refractivity contribution in [1.29, 1.82) is 0 Å². The Morgan fingerprint density at radius 1 is 1.50 bits per heavy atom. The average molecular weight is 201 g/mol. The van der Waals surface area contributed by atoms with E-state index in [9.17, 15) is 5.11 Å². The summed E-state index contributed by atoms with van der Waals surface area (Å²) in [5.74, 6) is 0.445. The first-order valence-electron chi connectivity index (χ1n) is 5.11. The van der Waals surface area contributed by atoms with Gasteiger partial charge in [-0.2, -0.15) is 0 Å². The monoisotopic (exact) mass is 201 g/mol. The normalized spacial score (nSPS) is 15.4. The van der Waals surface area contributed by atoms with E-state index < -0.39 is 0 Å². The lowest BCUT2D eigenvalue weighted by Gasteiger charge is -2.21. The Morgan fingerprint density at radius 3 is 2.50 bits per heavy atom. The molecule has 0 aliphatic rings. The first-order chi connectivity index (χ1) is 6.35. The van der Waals surface area contributed by atoms with Crippen molar-refractivity contribution in [2.24, 2.45) is 10.7 Å². The Kier molecular flexibility index (Phi) is 5.53. The van der Waals surface area contributed by atoms with Crippen LogP contribution in [-0.4, -0.2) is 29.3 Å². The minimum absolute atomic E-state index is 0.0586. The second-order valence-corrected chi connectivity index (χ2v) is 4.49. The quantitative estimate of drug-likeness (QED) is 0.466. The van der Waals surface area contributed by atoms with E-state index in [4.69, 9.17) is 5.73 Å². The zero-order valence-corrected chi connectivity index (χ0v) is 9.67. The number of nitrogens with zero attached hydrogens (tertiary/aromatic N) is 1. The fraction of sp³-hybridized carbons (Fsp3) is 0.900. The Labute approximate surface area is 86.6 Å². The summed E-state index contributed by atoms with van der Waals surface area (Å²) in [4.78, 5) is 4.12. The third-order valence-electron chi connectivity index (χ3n) is 1.72. The average Bonchev–Trinajstić information content (AvgIpc) is 2.00. The maximum absolute atomic E-state index is 9.27. The zero-order chi connectivity index (χ0) is 11.2. The predicted octanol–water partition coefficient (Wildman–Crippen LogP) is 0.850. The van der Waals surface area contributed by atoms with Gasteiger partial charge in [-0.25, -0.2) is 0 Å². The molecule has 0 aromatic carbocycles. The van der Waals surface area contributed by atoms with Gasteiger partial charge in [-0.1, -0.05) is 6.92 Å². The predicted molar refractivity (Wildman–Crippen MR) is 60.3 cm³/mol. The van der Waals surface area contributed by atoms with Crippen molar-refractivity contribution in [2.45, 2.75) is 52.2 Å². The van der Waals surface area contributed by atoms with Gasteiger partial charge in [-0.15, -0.1) is 0 Å². The smallest absolute Gasteiger partial charge is 0.188 e. The Balaban J connectivity index is 3.78. The van der Waals surface area contributed by atoms with Gasteiger partial charge in [0, 0.05) is 12.1 Å². The van der Waals surface area contributed by atoms with Crippen LogP contribution in [0.3, 0.4) is 0 Å². The molecule has 1 unspecified atom stereocenters. The van der Waals surface area contributed by atoms with Gasteiger partial charge in [-0.05, 0) is 33.6 Å². The van der Waals surface area contributed by atoms with Crippen LogP contribution in [0.4, 0.5) is 0 Å². The molecule has 84 valence electrons. The first-order valence-corrected chi connectivity index (χ1v) is 5.11. The van der Waals surface area contributed by atoms with Gasteiger partial charge in [-0.3, -0.25) is 4.99 Å².